The summed E-state index contributed by atoms with van der Waals surface area (Å²) in [4.78, 5) is 24.3. The molecule has 7 heteroatoms. The van der Waals surface area contributed by atoms with Crippen LogP contribution in [0.5, 0.6) is 0 Å². The molecule has 0 spiro atoms. The van der Waals surface area contributed by atoms with Crippen molar-refractivity contribution < 1.29 is 4.92 Å². The van der Waals surface area contributed by atoms with E-state index in [0.29, 0.717) is 43.1 Å². The molecule has 1 aromatic heterocycles. The number of nitro groups is 1. The molecule has 0 bridgehead atoms. The van der Waals surface area contributed by atoms with Crippen LogP contribution in [0.15, 0.2) is 30.6 Å². The van der Waals surface area contributed by atoms with E-state index in [1.165, 1.54) is 6.33 Å². The van der Waals surface area contributed by atoms with Crippen molar-refractivity contribution in [1.82, 2.24) is 9.97 Å². The van der Waals surface area contributed by atoms with Gasteiger partial charge in [-0.2, -0.15) is 0 Å². The Hall–Kier alpha value is -2.70. The number of hydrogen-bond acceptors (Lipinski definition) is 6. The van der Waals surface area contributed by atoms with Crippen molar-refractivity contribution in [2.45, 2.75) is 41.5 Å². The van der Waals surface area contributed by atoms with Crippen LogP contribution in [0.1, 0.15) is 40.2 Å². The van der Waals surface area contributed by atoms with Crippen LogP contribution in [0.2, 0.25) is 0 Å². The Morgan fingerprint density at radius 2 is 1.68 bits per heavy atom. The highest BCUT2D eigenvalue weighted by molar-refractivity contribution is 5.76. The lowest BCUT2D eigenvalue weighted by atomic mass is 10.1. The van der Waals surface area contributed by atoms with Gasteiger partial charge in [0, 0.05) is 25.3 Å². The first kappa shape index (κ1) is 21.6. The van der Waals surface area contributed by atoms with E-state index in [9.17, 15) is 10.1 Å². The van der Waals surface area contributed by atoms with E-state index < -0.39 is 0 Å². The van der Waals surface area contributed by atoms with Gasteiger partial charge in [-0.3, -0.25) is 10.1 Å². The van der Waals surface area contributed by atoms with E-state index in [1.54, 1.807) is 0 Å². The fraction of sp³-hybridized carbons (Fsp3) is 0.524. The number of anilines is 3. The van der Waals surface area contributed by atoms with Crippen LogP contribution in [-0.2, 0) is 0 Å². The van der Waals surface area contributed by atoms with Crippen molar-refractivity contribution in [1.29, 1.82) is 0 Å². The molecule has 0 N–H and O–H groups in total. The lowest BCUT2D eigenvalue weighted by Crippen LogP contribution is -2.33. The molecule has 0 amide bonds. The summed E-state index contributed by atoms with van der Waals surface area (Å²) in [5.74, 6) is 1.44. The molecule has 0 atom stereocenters. The molecule has 0 saturated heterocycles. The molecule has 0 aliphatic heterocycles. The SMILES string of the molecule is CCN(c1cccc(C)c1)c1ncnc(N(CC(C)C)CC(C)C)c1[N+](=O)[O-]. The maximum Gasteiger partial charge on any atom is 0.353 e. The van der Waals surface area contributed by atoms with Gasteiger partial charge in [0.25, 0.3) is 0 Å². The standard InChI is InChI=1S/C21H31N5O2/c1-7-25(18-10-8-9-17(6)11-18)21-19(26(27)28)20(22-14-23-21)24(12-15(2)3)13-16(4)5/h8-11,14-16H,7,12-13H2,1-6H3. The number of aryl methyl sites for hydroxylation is 1. The van der Waals surface area contributed by atoms with Gasteiger partial charge in [0.1, 0.15) is 6.33 Å². The minimum absolute atomic E-state index is 0.0350. The summed E-state index contributed by atoms with van der Waals surface area (Å²) < 4.78 is 0. The van der Waals surface area contributed by atoms with Crippen molar-refractivity contribution >= 4 is 23.0 Å². The smallest absolute Gasteiger partial charge is 0.350 e. The summed E-state index contributed by atoms with van der Waals surface area (Å²) in [5, 5.41) is 12.1. The normalized spacial score (nSPS) is 11.1. The summed E-state index contributed by atoms with van der Waals surface area (Å²) in [6.07, 6.45) is 1.43. The molecule has 7 nitrogen and oxygen atoms in total. The van der Waals surface area contributed by atoms with Gasteiger partial charge in [0.15, 0.2) is 0 Å². The third kappa shape index (κ3) is 5.18. The first-order chi connectivity index (χ1) is 13.2. The lowest BCUT2D eigenvalue weighted by molar-refractivity contribution is -0.383. The zero-order valence-electron chi connectivity index (χ0n) is 17.7. The predicted octanol–water partition coefficient (Wildman–Crippen LogP) is 4.97. The van der Waals surface area contributed by atoms with Crippen LogP contribution in [-0.4, -0.2) is 34.5 Å². The van der Waals surface area contributed by atoms with Crippen LogP contribution in [0, 0.1) is 28.9 Å². The zero-order chi connectivity index (χ0) is 20.8. The molecular formula is C21H31N5O2. The Balaban J connectivity index is 2.62. The first-order valence-electron chi connectivity index (χ1n) is 9.83. The van der Waals surface area contributed by atoms with Crippen molar-refractivity contribution in [3.8, 4) is 0 Å². The second kappa shape index (κ2) is 9.48. The van der Waals surface area contributed by atoms with Gasteiger partial charge >= 0.3 is 5.69 Å². The maximum atomic E-state index is 12.1. The molecule has 28 heavy (non-hydrogen) atoms. The predicted molar refractivity (Wildman–Crippen MR) is 114 cm³/mol. The van der Waals surface area contributed by atoms with Crippen molar-refractivity contribution in [2.24, 2.45) is 11.8 Å². The van der Waals surface area contributed by atoms with Crippen molar-refractivity contribution in [3.05, 3.63) is 46.3 Å². The minimum atomic E-state index is -0.350. The Morgan fingerprint density at radius 1 is 1.07 bits per heavy atom. The summed E-state index contributed by atoms with van der Waals surface area (Å²) in [5.41, 5.74) is 1.94. The fourth-order valence-corrected chi connectivity index (χ4v) is 3.33. The van der Waals surface area contributed by atoms with Gasteiger partial charge in [0.05, 0.1) is 4.92 Å². The molecule has 152 valence electrons. The number of nitrogens with zero attached hydrogens (tertiary/aromatic N) is 5. The Bertz CT molecular complexity index is 797. The molecule has 2 aromatic rings. The fourth-order valence-electron chi connectivity index (χ4n) is 3.33. The van der Waals surface area contributed by atoms with Crippen LogP contribution in [0.4, 0.5) is 23.0 Å². The van der Waals surface area contributed by atoms with Gasteiger partial charge in [-0.1, -0.05) is 39.8 Å². The number of benzene rings is 1. The summed E-state index contributed by atoms with van der Waals surface area (Å²) in [6.45, 7) is 14.3. The third-order valence-electron chi connectivity index (χ3n) is 4.32. The van der Waals surface area contributed by atoms with E-state index in [-0.39, 0.29) is 10.6 Å². The highest BCUT2D eigenvalue weighted by Crippen LogP contribution is 2.38. The zero-order valence-corrected chi connectivity index (χ0v) is 17.7. The van der Waals surface area contributed by atoms with E-state index >= 15 is 0 Å². The average molecular weight is 386 g/mol. The van der Waals surface area contributed by atoms with Crippen molar-refractivity contribution in [3.63, 3.8) is 0 Å². The van der Waals surface area contributed by atoms with Gasteiger partial charge < -0.3 is 9.80 Å². The molecule has 1 aromatic carbocycles. The van der Waals surface area contributed by atoms with Crippen LogP contribution >= 0.6 is 0 Å². The van der Waals surface area contributed by atoms with E-state index in [4.69, 9.17) is 0 Å². The van der Waals surface area contributed by atoms with Gasteiger partial charge in [-0.25, -0.2) is 9.97 Å². The van der Waals surface area contributed by atoms with Crippen LogP contribution in [0.3, 0.4) is 0 Å². The maximum absolute atomic E-state index is 12.1. The third-order valence-corrected chi connectivity index (χ3v) is 4.32. The van der Waals surface area contributed by atoms with Crippen molar-refractivity contribution in [2.75, 3.05) is 29.4 Å². The summed E-state index contributed by atoms with van der Waals surface area (Å²) >= 11 is 0. The number of aromatic nitrogens is 2. The molecule has 0 unspecified atom stereocenters. The van der Waals surface area contributed by atoms with E-state index in [1.807, 2.05) is 47.9 Å². The molecule has 2 rings (SSSR count). The monoisotopic (exact) mass is 385 g/mol. The van der Waals surface area contributed by atoms with E-state index in [2.05, 4.69) is 37.7 Å². The number of rotatable bonds is 9. The summed E-state index contributed by atoms with van der Waals surface area (Å²) in [6, 6.07) is 7.91. The molecule has 0 saturated carbocycles. The lowest BCUT2D eigenvalue weighted by Gasteiger charge is -2.28. The van der Waals surface area contributed by atoms with Gasteiger partial charge in [-0.05, 0) is 43.4 Å². The minimum Gasteiger partial charge on any atom is -0.350 e. The molecule has 0 aliphatic rings. The molecule has 1 heterocycles. The summed E-state index contributed by atoms with van der Waals surface area (Å²) in [7, 11) is 0. The number of hydrogen-bond donors (Lipinski definition) is 0. The largest absolute Gasteiger partial charge is 0.353 e. The molecule has 0 aliphatic carbocycles. The Kier molecular flexibility index (Phi) is 7.31. The molecule has 0 fully saturated rings. The molecule has 0 radical (unpaired) electrons. The molecular weight excluding hydrogens is 354 g/mol. The Morgan fingerprint density at radius 3 is 2.18 bits per heavy atom. The first-order valence-corrected chi connectivity index (χ1v) is 9.83. The Labute approximate surface area is 167 Å². The van der Waals surface area contributed by atoms with Gasteiger partial charge in [-0.15, -0.1) is 0 Å². The van der Waals surface area contributed by atoms with E-state index in [0.717, 1.165) is 11.3 Å². The van der Waals surface area contributed by atoms with Crippen LogP contribution in [0.25, 0.3) is 0 Å². The quantitative estimate of drug-likeness (QED) is 0.448. The topological polar surface area (TPSA) is 75.4 Å². The second-order valence-electron chi connectivity index (χ2n) is 7.90. The van der Waals surface area contributed by atoms with Crippen LogP contribution < -0.4 is 9.80 Å². The van der Waals surface area contributed by atoms with Gasteiger partial charge in [0.2, 0.25) is 11.6 Å². The second-order valence-corrected chi connectivity index (χ2v) is 7.90. The highest BCUT2D eigenvalue weighted by Gasteiger charge is 2.30. The average Bonchev–Trinajstić information content (AvgIpc) is 2.60. The highest BCUT2D eigenvalue weighted by atomic mass is 16.6.